The van der Waals surface area contributed by atoms with Gasteiger partial charge in [-0.15, -0.1) is 0 Å². The van der Waals surface area contributed by atoms with E-state index in [2.05, 4.69) is 34.1 Å². The number of carbonyl (C=O) groups is 1. The molecule has 2 aliphatic heterocycles. The van der Waals surface area contributed by atoms with Crippen molar-refractivity contribution in [1.82, 2.24) is 9.88 Å². The van der Waals surface area contributed by atoms with Gasteiger partial charge in [0.1, 0.15) is 17.7 Å². The van der Waals surface area contributed by atoms with Gasteiger partial charge in [-0.05, 0) is 105 Å². The number of aromatic nitrogens is 1. The number of halogens is 1. The fourth-order valence-electron chi connectivity index (χ4n) is 6.93. The molecule has 1 saturated heterocycles. The number of likely N-dealkylation sites (tertiary alicyclic amines) is 1. The molecule has 0 radical (unpaired) electrons. The van der Waals surface area contributed by atoms with E-state index in [4.69, 9.17) is 4.74 Å². The first-order valence-electron chi connectivity index (χ1n) is 14.8. The summed E-state index contributed by atoms with van der Waals surface area (Å²) in [4.78, 5) is 18.2. The van der Waals surface area contributed by atoms with E-state index in [1.807, 2.05) is 25.1 Å². The molecule has 2 fully saturated rings. The second-order valence-electron chi connectivity index (χ2n) is 12.2. The lowest BCUT2D eigenvalue weighted by Crippen LogP contribution is -2.55. The normalized spacial score (nSPS) is 20.8. The van der Waals surface area contributed by atoms with Crippen molar-refractivity contribution < 1.29 is 19.0 Å². The number of nitrogens with zero attached hydrogens (tertiary/aromatic N) is 2. The molecule has 5 nitrogen and oxygen atoms in total. The third-order valence-corrected chi connectivity index (χ3v) is 9.46. The van der Waals surface area contributed by atoms with Crippen molar-refractivity contribution in [2.24, 2.45) is 5.92 Å². The minimum Gasteiger partial charge on any atom is -0.485 e. The zero-order valence-corrected chi connectivity index (χ0v) is 23.6. The molecular weight excluding hydrogens is 503 g/mol. The molecule has 1 saturated carbocycles. The lowest BCUT2D eigenvalue weighted by molar-refractivity contribution is -0.141. The van der Waals surface area contributed by atoms with Gasteiger partial charge in [0.05, 0.1) is 12.1 Å². The van der Waals surface area contributed by atoms with Gasteiger partial charge in [0.15, 0.2) is 0 Å². The van der Waals surface area contributed by atoms with Crippen LogP contribution in [0.15, 0.2) is 48.7 Å². The first-order chi connectivity index (χ1) is 19.3. The van der Waals surface area contributed by atoms with Crippen LogP contribution < -0.4 is 4.74 Å². The predicted molar refractivity (Wildman–Crippen MR) is 154 cm³/mol. The van der Waals surface area contributed by atoms with E-state index in [0.717, 1.165) is 65.2 Å². The maximum absolute atomic E-state index is 15.1. The highest BCUT2D eigenvalue weighted by Crippen LogP contribution is 2.46. The van der Waals surface area contributed by atoms with Gasteiger partial charge in [0, 0.05) is 23.3 Å². The van der Waals surface area contributed by atoms with Crippen molar-refractivity contribution in [2.75, 3.05) is 6.54 Å². The van der Waals surface area contributed by atoms with Crippen molar-refractivity contribution in [3.8, 4) is 16.9 Å². The zero-order valence-electron chi connectivity index (χ0n) is 23.6. The largest absolute Gasteiger partial charge is 0.485 e. The molecule has 1 spiro atoms. The lowest BCUT2D eigenvalue weighted by atomic mass is 9.70. The number of aryl methyl sites for hydroxylation is 2. The van der Waals surface area contributed by atoms with E-state index in [0.29, 0.717) is 17.5 Å². The summed E-state index contributed by atoms with van der Waals surface area (Å²) in [5.41, 5.74) is 7.06. The number of rotatable bonds is 7. The molecule has 0 amide bonds. The molecule has 6 heteroatoms. The second-order valence-corrected chi connectivity index (χ2v) is 12.2. The fraction of sp³-hybridized carbons (Fsp3) is 0.471. The number of piperidine rings is 1. The quantitative estimate of drug-likeness (QED) is 0.336. The van der Waals surface area contributed by atoms with Gasteiger partial charge in [-0.1, -0.05) is 43.7 Å². The van der Waals surface area contributed by atoms with Crippen molar-refractivity contribution >= 4 is 5.97 Å². The van der Waals surface area contributed by atoms with E-state index in [-0.39, 0.29) is 11.9 Å². The molecule has 0 bridgehead atoms. The van der Waals surface area contributed by atoms with Gasteiger partial charge >= 0.3 is 5.97 Å². The summed E-state index contributed by atoms with van der Waals surface area (Å²) in [5, 5.41) is 9.34. The maximum Gasteiger partial charge on any atom is 0.306 e. The van der Waals surface area contributed by atoms with E-state index in [1.165, 1.54) is 44.7 Å². The fourth-order valence-corrected chi connectivity index (χ4v) is 6.93. The van der Waals surface area contributed by atoms with E-state index in [1.54, 1.807) is 6.92 Å². The van der Waals surface area contributed by atoms with E-state index < -0.39 is 11.9 Å². The summed E-state index contributed by atoms with van der Waals surface area (Å²) in [6, 6.07) is 14.4. The average molecular weight is 543 g/mol. The highest BCUT2D eigenvalue weighted by atomic mass is 19.1. The second kappa shape index (κ2) is 11.0. The van der Waals surface area contributed by atoms with Crippen LogP contribution in [-0.4, -0.2) is 33.0 Å². The number of aliphatic carboxylic acids is 1. The van der Waals surface area contributed by atoms with E-state index >= 15 is 4.39 Å². The third-order valence-electron chi connectivity index (χ3n) is 9.46. The molecule has 2 aromatic carbocycles. The Hall–Kier alpha value is -3.25. The van der Waals surface area contributed by atoms with Crippen molar-refractivity contribution in [3.63, 3.8) is 0 Å². The van der Waals surface area contributed by atoms with Gasteiger partial charge in [0.25, 0.3) is 0 Å². The van der Waals surface area contributed by atoms with Crippen LogP contribution in [0.5, 0.6) is 5.75 Å². The number of carboxylic acid groups (broad SMARTS) is 1. The van der Waals surface area contributed by atoms with Crippen LogP contribution in [0.1, 0.15) is 85.9 Å². The molecule has 6 rings (SSSR count). The molecule has 1 aromatic heterocycles. The molecule has 1 aliphatic carbocycles. The average Bonchev–Trinajstić information content (AvgIpc) is 2.93. The van der Waals surface area contributed by atoms with Crippen molar-refractivity contribution in [3.05, 3.63) is 82.4 Å². The van der Waals surface area contributed by atoms with Crippen molar-refractivity contribution in [1.29, 1.82) is 0 Å². The number of carboxylic acids is 1. The van der Waals surface area contributed by atoms with Crippen LogP contribution in [0.4, 0.5) is 4.39 Å². The minimum atomic E-state index is -0.789. The van der Waals surface area contributed by atoms with Gasteiger partial charge < -0.3 is 9.84 Å². The number of fused-ring (bicyclic) bond motifs is 1. The lowest BCUT2D eigenvalue weighted by Gasteiger charge is -2.53. The predicted octanol–water partition coefficient (Wildman–Crippen LogP) is 7.43. The number of hydrogen-bond acceptors (Lipinski definition) is 4. The molecule has 2 unspecified atom stereocenters. The Morgan fingerprint density at radius 2 is 1.95 bits per heavy atom. The van der Waals surface area contributed by atoms with Gasteiger partial charge in [-0.25, -0.2) is 4.39 Å². The number of hydrogen-bond donors (Lipinski definition) is 1. The Morgan fingerprint density at radius 3 is 2.73 bits per heavy atom. The summed E-state index contributed by atoms with van der Waals surface area (Å²) in [6.45, 7) is 5.54. The van der Waals surface area contributed by atoms with Gasteiger partial charge in [-0.3, -0.25) is 14.7 Å². The minimum absolute atomic E-state index is 0.101. The Balaban J connectivity index is 1.32. The standard InChI is InChI=1S/C34H39FN2O3/c1-22(33(38)39)16-24-6-7-25-9-11-31(40-32(25)18-24)26-8-10-28(29-17-23(2)36-20-30(29)35)27(19-26)21-37-15-4-3-12-34(37)13-5-14-34/h6-8,10,17-20,22,31H,3-5,9,11-16,21H2,1-2H3,(H,38,39). The van der Waals surface area contributed by atoms with Crippen LogP contribution in [0.3, 0.4) is 0 Å². The Bertz CT molecular complexity index is 1420. The Kier molecular flexibility index (Phi) is 7.39. The summed E-state index contributed by atoms with van der Waals surface area (Å²) >= 11 is 0. The smallest absolute Gasteiger partial charge is 0.306 e. The molecule has 40 heavy (non-hydrogen) atoms. The first kappa shape index (κ1) is 26.9. The van der Waals surface area contributed by atoms with Crippen LogP contribution >= 0.6 is 0 Å². The summed E-state index contributed by atoms with van der Waals surface area (Å²) in [6.07, 6.45) is 11.1. The van der Waals surface area contributed by atoms with Crippen LogP contribution in [0.25, 0.3) is 11.1 Å². The first-order valence-corrected chi connectivity index (χ1v) is 14.8. The topological polar surface area (TPSA) is 62.7 Å². The highest BCUT2D eigenvalue weighted by molar-refractivity contribution is 5.70. The summed E-state index contributed by atoms with van der Waals surface area (Å²) < 4.78 is 21.7. The molecule has 3 heterocycles. The van der Waals surface area contributed by atoms with Crippen LogP contribution in [0, 0.1) is 18.7 Å². The molecule has 2 atom stereocenters. The highest BCUT2D eigenvalue weighted by Gasteiger charge is 2.43. The van der Waals surface area contributed by atoms with Gasteiger partial charge in [0.2, 0.25) is 0 Å². The summed E-state index contributed by atoms with van der Waals surface area (Å²) in [7, 11) is 0. The Morgan fingerprint density at radius 1 is 1.12 bits per heavy atom. The molecule has 1 N–H and O–H groups in total. The molecule has 3 aromatic rings. The van der Waals surface area contributed by atoms with Crippen LogP contribution in [0.2, 0.25) is 0 Å². The van der Waals surface area contributed by atoms with Crippen LogP contribution in [-0.2, 0) is 24.2 Å². The maximum atomic E-state index is 15.1. The SMILES string of the molecule is Cc1cc(-c2ccc(C3CCc4ccc(CC(C)C(=O)O)cc4O3)cc2CN2CCCCC23CCC3)c(F)cn1. The molecule has 210 valence electrons. The Labute approximate surface area is 236 Å². The number of benzene rings is 2. The van der Waals surface area contributed by atoms with Gasteiger partial charge in [-0.2, -0.15) is 0 Å². The van der Waals surface area contributed by atoms with E-state index in [9.17, 15) is 9.90 Å². The third kappa shape index (κ3) is 5.26. The number of ether oxygens (including phenoxy) is 1. The molecular formula is C34H39FN2O3. The molecule has 3 aliphatic rings. The zero-order chi connectivity index (χ0) is 27.9. The number of pyridine rings is 1. The monoisotopic (exact) mass is 542 g/mol. The van der Waals surface area contributed by atoms with Crippen molar-refractivity contribution in [2.45, 2.75) is 89.8 Å². The summed E-state index contributed by atoms with van der Waals surface area (Å²) in [5.74, 6) is -0.680.